The molecule has 1 amide bonds. The molecule has 2 aromatic carbocycles. The Bertz CT molecular complexity index is 1030. The van der Waals surface area contributed by atoms with E-state index in [2.05, 4.69) is 23.2 Å². The molecule has 0 saturated heterocycles. The molecule has 1 heterocycles. The monoisotopic (exact) mass is 391 g/mol. The van der Waals surface area contributed by atoms with Gasteiger partial charge in [0, 0.05) is 12.3 Å². The van der Waals surface area contributed by atoms with Gasteiger partial charge in [0.05, 0.1) is 23.0 Å². The molecule has 0 aliphatic rings. The van der Waals surface area contributed by atoms with Crippen molar-refractivity contribution in [2.24, 2.45) is 0 Å². The average Bonchev–Trinajstić information content (AvgIpc) is 3.11. The van der Waals surface area contributed by atoms with Crippen molar-refractivity contribution in [1.29, 1.82) is 5.26 Å². The topological polar surface area (TPSA) is 66.2 Å². The van der Waals surface area contributed by atoms with Crippen molar-refractivity contribution >= 4 is 28.1 Å². The lowest BCUT2D eigenvalue weighted by molar-refractivity contribution is -0.115. The summed E-state index contributed by atoms with van der Waals surface area (Å²) >= 11 is 1.41. The second-order valence-corrected chi connectivity index (χ2v) is 7.48. The van der Waals surface area contributed by atoms with E-state index < -0.39 is 0 Å². The van der Waals surface area contributed by atoms with Crippen molar-refractivity contribution in [3.63, 3.8) is 0 Å². The highest BCUT2D eigenvalue weighted by atomic mass is 32.1. The third-order valence-electron chi connectivity index (χ3n) is 4.27. The van der Waals surface area contributed by atoms with Gasteiger partial charge in [0.2, 0.25) is 5.91 Å². The van der Waals surface area contributed by atoms with Crippen LogP contribution in [0.5, 0.6) is 5.75 Å². The first-order valence-corrected chi connectivity index (χ1v) is 9.73. The van der Waals surface area contributed by atoms with Crippen LogP contribution < -0.4 is 9.64 Å². The number of nitriles is 1. The van der Waals surface area contributed by atoms with Gasteiger partial charge in [0.25, 0.3) is 0 Å². The molecule has 5 nitrogen and oxygen atoms in total. The average molecular weight is 391 g/mol. The summed E-state index contributed by atoms with van der Waals surface area (Å²) in [4.78, 5) is 18.7. The standard InChI is InChI=1S/C22H21N3O2S/c1-14-9-15(2)21(16(3)10-14)25(17(4)26)22-24-19(13-28-22)12-27-20-7-5-18(11-23)6-8-20/h5-10,13H,12H2,1-4H3. The van der Waals surface area contributed by atoms with Gasteiger partial charge in [0.1, 0.15) is 12.4 Å². The number of aromatic nitrogens is 1. The Morgan fingerprint density at radius 3 is 2.39 bits per heavy atom. The molecule has 3 aromatic rings. The third-order valence-corrected chi connectivity index (χ3v) is 5.15. The molecular formula is C22H21N3O2S. The Balaban J connectivity index is 1.82. The number of amides is 1. The van der Waals surface area contributed by atoms with E-state index in [0.717, 1.165) is 28.1 Å². The summed E-state index contributed by atoms with van der Waals surface area (Å²) in [5, 5.41) is 11.4. The van der Waals surface area contributed by atoms with E-state index in [1.165, 1.54) is 11.3 Å². The number of aryl methyl sites for hydroxylation is 3. The first-order valence-electron chi connectivity index (χ1n) is 8.85. The Kier molecular flexibility index (Phi) is 5.76. The number of ether oxygens (including phenoxy) is 1. The maximum absolute atomic E-state index is 12.4. The van der Waals surface area contributed by atoms with Crippen LogP contribution in [0.4, 0.5) is 10.8 Å². The highest BCUT2D eigenvalue weighted by molar-refractivity contribution is 7.14. The molecule has 0 unspecified atom stereocenters. The van der Waals surface area contributed by atoms with Crippen LogP contribution in [-0.2, 0) is 11.4 Å². The molecule has 0 aliphatic carbocycles. The van der Waals surface area contributed by atoms with Gasteiger partial charge in [-0.2, -0.15) is 5.26 Å². The SMILES string of the molecule is CC(=O)N(c1nc(COc2ccc(C#N)cc2)cs1)c1c(C)cc(C)cc1C. The number of carbonyl (C=O) groups excluding carboxylic acids is 1. The normalized spacial score (nSPS) is 10.4. The van der Waals surface area contributed by atoms with Crippen molar-refractivity contribution in [2.45, 2.75) is 34.3 Å². The van der Waals surface area contributed by atoms with Gasteiger partial charge in [-0.05, 0) is 56.2 Å². The van der Waals surface area contributed by atoms with Gasteiger partial charge in [-0.25, -0.2) is 4.98 Å². The van der Waals surface area contributed by atoms with Gasteiger partial charge in [-0.15, -0.1) is 11.3 Å². The van der Waals surface area contributed by atoms with Crippen LogP contribution in [0.3, 0.4) is 0 Å². The largest absolute Gasteiger partial charge is 0.487 e. The fourth-order valence-electron chi connectivity index (χ4n) is 3.16. The number of hydrogen-bond acceptors (Lipinski definition) is 5. The van der Waals surface area contributed by atoms with Gasteiger partial charge in [-0.3, -0.25) is 9.69 Å². The second kappa shape index (κ2) is 8.24. The summed E-state index contributed by atoms with van der Waals surface area (Å²) in [6, 6.07) is 13.2. The number of nitrogens with zero attached hydrogens (tertiary/aromatic N) is 3. The molecule has 0 bridgehead atoms. The van der Waals surface area contributed by atoms with Crippen molar-refractivity contribution in [1.82, 2.24) is 4.98 Å². The van der Waals surface area contributed by atoms with Crippen molar-refractivity contribution in [2.75, 3.05) is 4.90 Å². The van der Waals surface area contributed by atoms with E-state index >= 15 is 0 Å². The minimum absolute atomic E-state index is 0.0797. The maximum atomic E-state index is 12.4. The van der Waals surface area contributed by atoms with E-state index in [-0.39, 0.29) is 5.91 Å². The molecule has 0 spiro atoms. The number of carbonyl (C=O) groups is 1. The number of hydrogen-bond donors (Lipinski definition) is 0. The zero-order valence-corrected chi connectivity index (χ0v) is 17.1. The number of benzene rings is 2. The summed E-state index contributed by atoms with van der Waals surface area (Å²) in [6.07, 6.45) is 0. The third kappa shape index (κ3) is 4.21. The maximum Gasteiger partial charge on any atom is 0.230 e. The Morgan fingerprint density at radius 2 is 1.82 bits per heavy atom. The van der Waals surface area contributed by atoms with Gasteiger partial charge in [-0.1, -0.05) is 17.7 Å². The first-order chi connectivity index (χ1) is 13.4. The van der Waals surface area contributed by atoms with Crippen molar-refractivity contribution in [3.8, 4) is 11.8 Å². The summed E-state index contributed by atoms with van der Waals surface area (Å²) in [5.41, 5.74) is 5.46. The molecule has 0 aliphatic heterocycles. The van der Waals surface area contributed by atoms with Crippen LogP contribution in [-0.4, -0.2) is 10.9 Å². The quantitative estimate of drug-likeness (QED) is 0.599. The number of thiazole rings is 1. The molecule has 0 N–H and O–H groups in total. The Hall–Kier alpha value is -3.17. The van der Waals surface area contributed by atoms with Gasteiger partial charge >= 0.3 is 0 Å². The molecule has 0 atom stereocenters. The molecule has 142 valence electrons. The molecular weight excluding hydrogens is 370 g/mol. The van der Waals surface area contributed by atoms with E-state index in [1.807, 2.05) is 26.2 Å². The van der Waals surface area contributed by atoms with Crippen LogP contribution in [0.15, 0.2) is 41.8 Å². The molecule has 3 rings (SSSR count). The molecule has 1 aromatic heterocycles. The molecule has 0 saturated carbocycles. The predicted octanol–water partition coefficient (Wildman–Crippen LogP) is 5.20. The highest BCUT2D eigenvalue weighted by Gasteiger charge is 2.21. The van der Waals surface area contributed by atoms with Crippen LogP contribution in [0.25, 0.3) is 0 Å². The second-order valence-electron chi connectivity index (χ2n) is 6.65. The van der Waals surface area contributed by atoms with Crippen LogP contribution in [0.2, 0.25) is 0 Å². The zero-order chi connectivity index (χ0) is 20.3. The fraction of sp³-hybridized carbons (Fsp3) is 0.227. The first kappa shape index (κ1) is 19.6. The van der Waals surface area contributed by atoms with Crippen molar-refractivity contribution in [3.05, 3.63) is 69.7 Å². The van der Waals surface area contributed by atoms with Crippen LogP contribution in [0, 0.1) is 32.1 Å². The summed E-state index contributed by atoms with van der Waals surface area (Å²) in [5.74, 6) is 0.589. The molecule has 28 heavy (non-hydrogen) atoms. The van der Waals surface area contributed by atoms with Gasteiger partial charge < -0.3 is 4.74 Å². The summed E-state index contributed by atoms with van der Waals surface area (Å²) in [6.45, 7) is 7.90. The fourth-order valence-corrected chi connectivity index (χ4v) is 4.02. The molecule has 0 radical (unpaired) electrons. The van der Waals surface area contributed by atoms with Crippen LogP contribution in [0.1, 0.15) is 34.9 Å². The smallest absolute Gasteiger partial charge is 0.230 e. The lowest BCUT2D eigenvalue weighted by Crippen LogP contribution is -2.24. The van der Waals surface area contributed by atoms with Crippen molar-refractivity contribution < 1.29 is 9.53 Å². The Labute approximate surface area is 168 Å². The molecule has 0 fully saturated rings. The number of anilines is 2. The van der Waals surface area contributed by atoms with Crippen LogP contribution >= 0.6 is 11.3 Å². The predicted molar refractivity (Wildman–Crippen MR) is 111 cm³/mol. The number of rotatable bonds is 5. The van der Waals surface area contributed by atoms with E-state index in [0.29, 0.717) is 23.1 Å². The molecule has 6 heteroatoms. The zero-order valence-electron chi connectivity index (χ0n) is 16.3. The lowest BCUT2D eigenvalue weighted by atomic mass is 10.0. The minimum atomic E-state index is -0.0797. The highest BCUT2D eigenvalue weighted by Crippen LogP contribution is 2.34. The van der Waals surface area contributed by atoms with E-state index in [4.69, 9.17) is 10.00 Å². The van der Waals surface area contributed by atoms with Gasteiger partial charge in [0.15, 0.2) is 5.13 Å². The summed E-state index contributed by atoms with van der Waals surface area (Å²) in [7, 11) is 0. The van der Waals surface area contributed by atoms with E-state index in [1.54, 1.807) is 36.1 Å². The summed E-state index contributed by atoms with van der Waals surface area (Å²) < 4.78 is 5.75. The lowest BCUT2D eigenvalue weighted by Gasteiger charge is -2.23. The van der Waals surface area contributed by atoms with E-state index in [9.17, 15) is 4.79 Å². The minimum Gasteiger partial charge on any atom is -0.487 e. The Morgan fingerprint density at radius 1 is 1.18 bits per heavy atom.